The smallest absolute Gasteiger partial charge is 0.348 e. The summed E-state index contributed by atoms with van der Waals surface area (Å²) in [6, 6.07) is 0. The van der Waals surface area contributed by atoms with Crippen molar-refractivity contribution < 1.29 is 14.6 Å². The molecule has 1 N–H and O–H groups in total. The van der Waals surface area contributed by atoms with Crippen LogP contribution in [0.1, 0.15) is 37.7 Å². The Bertz CT molecular complexity index is 523. The lowest BCUT2D eigenvalue weighted by atomic mass is 10.0. The van der Waals surface area contributed by atoms with Crippen LogP contribution in [0.3, 0.4) is 0 Å². The Morgan fingerprint density at radius 2 is 2.00 bits per heavy atom. The molecule has 0 unspecified atom stereocenters. The van der Waals surface area contributed by atoms with Crippen LogP contribution < -0.4 is 5.69 Å². The van der Waals surface area contributed by atoms with Crippen LogP contribution in [-0.4, -0.2) is 33.8 Å². The van der Waals surface area contributed by atoms with E-state index in [2.05, 4.69) is 4.98 Å². The van der Waals surface area contributed by atoms with Gasteiger partial charge in [-0.2, -0.15) is 4.98 Å². The zero-order chi connectivity index (χ0) is 15.1. The Morgan fingerprint density at radius 3 is 2.50 bits per heavy atom. The molecular weight excluding hydrogens is 260 g/mol. The average molecular weight is 282 g/mol. The Hall–Kier alpha value is -1.69. The summed E-state index contributed by atoms with van der Waals surface area (Å²) in [5.74, 6) is -0.911. The summed E-state index contributed by atoms with van der Waals surface area (Å²) in [6.07, 6.45) is 1.05. The van der Waals surface area contributed by atoms with Gasteiger partial charge in [0.1, 0.15) is 0 Å². The number of hydrogen-bond donors (Lipinski definition) is 1. The second kappa shape index (κ2) is 7.79. The highest BCUT2D eigenvalue weighted by Gasteiger charge is 2.17. The summed E-state index contributed by atoms with van der Waals surface area (Å²) in [5.41, 5.74) is 1.68. The third-order valence-electron chi connectivity index (χ3n) is 3.15. The summed E-state index contributed by atoms with van der Waals surface area (Å²) < 4.78 is 6.80. The first-order chi connectivity index (χ1) is 9.54. The van der Waals surface area contributed by atoms with Crippen LogP contribution in [-0.2, 0) is 35.3 Å². The number of rotatable bonds is 8. The molecule has 1 heterocycles. The van der Waals surface area contributed by atoms with Crippen molar-refractivity contribution in [3.8, 4) is 0 Å². The van der Waals surface area contributed by atoms with E-state index in [1.807, 2.05) is 20.8 Å². The molecule has 112 valence electrons. The van der Waals surface area contributed by atoms with E-state index in [0.717, 1.165) is 5.69 Å². The molecule has 0 bridgehead atoms. The molecule has 0 saturated carbocycles. The third kappa shape index (κ3) is 3.90. The molecule has 20 heavy (non-hydrogen) atoms. The zero-order valence-corrected chi connectivity index (χ0v) is 12.3. The van der Waals surface area contributed by atoms with Gasteiger partial charge in [-0.3, -0.25) is 9.36 Å². The normalized spacial score (nSPS) is 10.8. The van der Waals surface area contributed by atoms with Crippen LogP contribution in [0.25, 0.3) is 0 Å². The van der Waals surface area contributed by atoms with E-state index in [9.17, 15) is 9.59 Å². The molecule has 1 aromatic rings. The van der Waals surface area contributed by atoms with Crippen molar-refractivity contribution in [3.63, 3.8) is 0 Å². The fraction of sp³-hybridized carbons (Fsp3) is 0.643. The maximum absolute atomic E-state index is 12.1. The number of carboxylic acids is 1. The molecule has 0 aliphatic carbocycles. The molecule has 1 rings (SSSR count). The highest BCUT2D eigenvalue weighted by atomic mass is 16.5. The third-order valence-corrected chi connectivity index (χ3v) is 3.15. The standard InChI is InChI=1S/C14H22N2O4/c1-4-11-10(9-13(17)18)12(5-2)16(14(19)15-11)7-8-20-6-3/h4-9H2,1-3H3,(H,17,18). The first kappa shape index (κ1) is 16.4. The Balaban J connectivity index is 3.28. The van der Waals surface area contributed by atoms with Crippen molar-refractivity contribution in [1.29, 1.82) is 0 Å². The predicted molar refractivity (Wildman–Crippen MR) is 75.1 cm³/mol. The molecule has 6 heteroatoms. The van der Waals surface area contributed by atoms with Gasteiger partial charge in [0.15, 0.2) is 0 Å². The molecule has 0 aromatic carbocycles. The monoisotopic (exact) mass is 282 g/mol. The summed E-state index contributed by atoms with van der Waals surface area (Å²) in [6.45, 7) is 7.08. The molecule has 0 saturated heterocycles. The molecule has 0 amide bonds. The fourth-order valence-corrected chi connectivity index (χ4v) is 2.27. The SMILES string of the molecule is CCOCCn1c(CC)c(CC(=O)O)c(CC)nc1=O. The zero-order valence-electron chi connectivity index (χ0n) is 12.3. The first-order valence-corrected chi connectivity index (χ1v) is 6.96. The van der Waals surface area contributed by atoms with Gasteiger partial charge in [-0.05, 0) is 19.8 Å². The molecule has 6 nitrogen and oxygen atoms in total. The number of aromatic nitrogens is 2. The maximum atomic E-state index is 12.1. The fourth-order valence-electron chi connectivity index (χ4n) is 2.27. The summed E-state index contributed by atoms with van der Waals surface area (Å²) in [7, 11) is 0. The summed E-state index contributed by atoms with van der Waals surface area (Å²) in [5, 5.41) is 9.04. The van der Waals surface area contributed by atoms with E-state index in [1.165, 1.54) is 4.57 Å². The van der Waals surface area contributed by atoms with Gasteiger partial charge >= 0.3 is 11.7 Å². The lowest BCUT2D eigenvalue weighted by molar-refractivity contribution is -0.136. The molecule has 0 aliphatic heterocycles. The van der Waals surface area contributed by atoms with Gasteiger partial charge in [0.05, 0.1) is 25.3 Å². The van der Waals surface area contributed by atoms with Gasteiger partial charge in [-0.1, -0.05) is 13.8 Å². The van der Waals surface area contributed by atoms with Crippen molar-refractivity contribution in [2.24, 2.45) is 0 Å². The van der Waals surface area contributed by atoms with Crippen LogP contribution in [0.15, 0.2) is 4.79 Å². The number of hydrogen-bond acceptors (Lipinski definition) is 4. The van der Waals surface area contributed by atoms with Crippen LogP contribution in [0.4, 0.5) is 0 Å². The lowest BCUT2D eigenvalue weighted by Gasteiger charge is -2.17. The van der Waals surface area contributed by atoms with Gasteiger partial charge in [-0.15, -0.1) is 0 Å². The average Bonchev–Trinajstić information content (AvgIpc) is 2.41. The van der Waals surface area contributed by atoms with E-state index >= 15 is 0 Å². The van der Waals surface area contributed by atoms with Crippen molar-refractivity contribution in [3.05, 3.63) is 27.4 Å². The first-order valence-electron chi connectivity index (χ1n) is 6.96. The number of aryl methyl sites for hydroxylation is 1. The second-order valence-corrected chi connectivity index (χ2v) is 4.39. The lowest BCUT2D eigenvalue weighted by Crippen LogP contribution is -2.31. The molecule has 1 aromatic heterocycles. The van der Waals surface area contributed by atoms with Gasteiger partial charge in [0.2, 0.25) is 0 Å². The number of ether oxygens (including phenoxy) is 1. The van der Waals surface area contributed by atoms with Gasteiger partial charge in [0, 0.05) is 17.9 Å². The van der Waals surface area contributed by atoms with Crippen molar-refractivity contribution in [1.82, 2.24) is 9.55 Å². The van der Waals surface area contributed by atoms with Gasteiger partial charge < -0.3 is 9.84 Å². The summed E-state index contributed by atoms with van der Waals surface area (Å²) >= 11 is 0. The van der Waals surface area contributed by atoms with E-state index in [0.29, 0.717) is 43.9 Å². The molecule has 0 spiro atoms. The maximum Gasteiger partial charge on any atom is 0.348 e. The topological polar surface area (TPSA) is 81.4 Å². The largest absolute Gasteiger partial charge is 0.481 e. The molecule has 0 radical (unpaired) electrons. The van der Waals surface area contributed by atoms with Crippen molar-refractivity contribution in [2.45, 2.75) is 46.6 Å². The highest BCUT2D eigenvalue weighted by Crippen LogP contribution is 2.14. The van der Waals surface area contributed by atoms with Gasteiger partial charge in [0.25, 0.3) is 0 Å². The molecule has 0 fully saturated rings. The van der Waals surface area contributed by atoms with E-state index in [4.69, 9.17) is 9.84 Å². The predicted octanol–water partition coefficient (Wildman–Crippen LogP) is 1.03. The number of aliphatic carboxylic acids is 1. The molecule has 0 aliphatic rings. The quantitative estimate of drug-likeness (QED) is 0.720. The summed E-state index contributed by atoms with van der Waals surface area (Å²) in [4.78, 5) is 27.1. The Kier molecular flexibility index (Phi) is 6.38. The van der Waals surface area contributed by atoms with Crippen LogP contribution in [0, 0.1) is 0 Å². The van der Waals surface area contributed by atoms with Crippen LogP contribution >= 0.6 is 0 Å². The van der Waals surface area contributed by atoms with Crippen molar-refractivity contribution >= 4 is 5.97 Å². The number of carbonyl (C=O) groups is 1. The molecule has 0 atom stereocenters. The Labute approximate surface area is 118 Å². The van der Waals surface area contributed by atoms with Crippen LogP contribution in [0.5, 0.6) is 0 Å². The second-order valence-electron chi connectivity index (χ2n) is 4.39. The van der Waals surface area contributed by atoms with E-state index < -0.39 is 5.97 Å². The van der Waals surface area contributed by atoms with Crippen molar-refractivity contribution in [2.75, 3.05) is 13.2 Å². The van der Waals surface area contributed by atoms with E-state index in [-0.39, 0.29) is 12.1 Å². The number of nitrogens with zero attached hydrogens (tertiary/aromatic N) is 2. The number of carboxylic acid groups (broad SMARTS) is 1. The van der Waals surface area contributed by atoms with Crippen LogP contribution in [0.2, 0.25) is 0 Å². The minimum atomic E-state index is -0.911. The molecular formula is C14H22N2O4. The van der Waals surface area contributed by atoms with Gasteiger partial charge in [-0.25, -0.2) is 4.79 Å². The minimum absolute atomic E-state index is 0.103. The minimum Gasteiger partial charge on any atom is -0.481 e. The highest BCUT2D eigenvalue weighted by molar-refractivity contribution is 5.71. The Morgan fingerprint density at radius 1 is 1.30 bits per heavy atom. The van der Waals surface area contributed by atoms with E-state index in [1.54, 1.807) is 0 Å².